The van der Waals surface area contributed by atoms with Crippen LogP contribution in [0.3, 0.4) is 0 Å². The van der Waals surface area contributed by atoms with Gasteiger partial charge in [0.1, 0.15) is 0 Å². The molecule has 6 nitrogen and oxygen atoms in total. The van der Waals surface area contributed by atoms with E-state index >= 15 is 0 Å². The van der Waals surface area contributed by atoms with Gasteiger partial charge in [-0.05, 0) is 69.6 Å². The van der Waals surface area contributed by atoms with Gasteiger partial charge in [-0.15, -0.1) is 0 Å². The van der Waals surface area contributed by atoms with Gasteiger partial charge in [-0.2, -0.15) is 0 Å². The maximum Gasteiger partial charge on any atom is 0.287 e. The summed E-state index contributed by atoms with van der Waals surface area (Å²) in [5.74, 6) is 1.00. The molecule has 5 rings (SSSR count). The number of piperidine rings is 1. The predicted molar refractivity (Wildman–Crippen MR) is 102 cm³/mol. The summed E-state index contributed by atoms with van der Waals surface area (Å²) in [7, 11) is 2.21. The van der Waals surface area contributed by atoms with Crippen molar-refractivity contribution in [2.45, 2.75) is 43.4 Å². The summed E-state index contributed by atoms with van der Waals surface area (Å²) in [6.45, 7) is 5.20. The topological polar surface area (TPSA) is 58.0 Å². The molecule has 2 bridgehead atoms. The summed E-state index contributed by atoms with van der Waals surface area (Å²) in [5, 5.41) is 3.29. The largest absolute Gasteiger partial charge is 0.440 e. The Kier molecular flexibility index (Phi) is 4.50. The first-order valence-electron chi connectivity index (χ1n) is 10.2. The highest BCUT2D eigenvalue weighted by atomic mass is 35.5. The van der Waals surface area contributed by atoms with E-state index in [-0.39, 0.29) is 28.6 Å². The molecule has 4 saturated heterocycles. The molecule has 7 heteroatoms. The number of ether oxygens (including phenoxy) is 1. The van der Waals surface area contributed by atoms with Crippen molar-refractivity contribution in [1.82, 2.24) is 15.1 Å². The number of furan rings is 1. The van der Waals surface area contributed by atoms with Gasteiger partial charge in [0, 0.05) is 37.5 Å². The minimum absolute atomic E-state index is 0.0252. The van der Waals surface area contributed by atoms with E-state index in [1.54, 1.807) is 12.1 Å². The van der Waals surface area contributed by atoms with Gasteiger partial charge < -0.3 is 19.4 Å². The summed E-state index contributed by atoms with van der Waals surface area (Å²) in [4.78, 5) is 17.4. The van der Waals surface area contributed by atoms with Gasteiger partial charge in [0.15, 0.2) is 11.0 Å². The molecule has 0 aromatic carbocycles. The number of halogens is 1. The second-order valence-corrected chi connectivity index (χ2v) is 9.18. The van der Waals surface area contributed by atoms with E-state index in [1.807, 2.05) is 0 Å². The van der Waals surface area contributed by atoms with Gasteiger partial charge in [-0.25, -0.2) is 0 Å². The fraction of sp³-hybridized carbons (Fsp3) is 0.750. The number of amides is 1. The lowest BCUT2D eigenvalue weighted by atomic mass is 9.73. The zero-order valence-corrected chi connectivity index (χ0v) is 16.6. The minimum Gasteiger partial charge on any atom is -0.440 e. The number of carbonyl (C=O) groups excluding carboxylic acids is 1. The van der Waals surface area contributed by atoms with Crippen LogP contribution in [-0.2, 0) is 4.74 Å². The Balaban J connectivity index is 1.23. The summed E-state index contributed by atoms with van der Waals surface area (Å²) < 4.78 is 11.8. The summed E-state index contributed by atoms with van der Waals surface area (Å²) >= 11 is 5.78. The van der Waals surface area contributed by atoms with Crippen LogP contribution in [-0.4, -0.2) is 73.2 Å². The Hall–Kier alpha value is -1.08. The normalized spacial score (nSPS) is 37.0. The van der Waals surface area contributed by atoms with Crippen molar-refractivity contribution in [3.63, 3.8) is 0 Å². The molecule has 1 aromatic rings. The van der Waals surface area contributed by atoms with E-state index in [0.717, 1.165) is 19.5 Å². The summed E-state index contributed by atoms with van der Waals surface area (Å²) in [6, 6.07) is 3.90. The van der Waals surface area contributed by atoms with Crippen molar-refractivity contribution in [2.75, 3.05) is 39.8 Å². The number of nitrogens with one attached hydrogen (secondary N) is 1. The van der Waals surface area contributed by atoms with Crippen molar-refractivity contribution in [3.8, 4) is 0 Å². The lowest BCUT2D eigenvalue weighted by Crippen LogP contribution is -2.44. The molecule has 27 heavy (non-hydrogen) atoms. The number of hydrogen-bond donors (Lipinski definition) is 1. The molecule has 1 aromatic heterocycles. The van der Waals surface area contributed by atoms with Gasteiger partial charge in [0.05, 0.1) is 11.7 Å². The van der Waals surface area contributed by atoms with Crippen molar-refractivity contribution < 1.29 is 13.9 Å². The standard InChI is InChI=1S/C20H28ClN3O3/c1-23-8-5-13(6-9-23)24-11-15-14(16-4-7-20(15,12-24)27-16)10-22-19(25)17-2-3-18(21)26-17/h2-3,13-16H,4-12H2,1H3,(H,22,25)/t14-,15+,16+,20+/m0/s1. The monoisotopic (exact) mass is 393 g/mol. The molecule has 0 unspecified atom stereocenters. The first kappa shape index (κ1) is 18.0. The quantitative estimate of drug-likeness (QED) is 0.850. The van der Waals surface area contributed by atoms with Crippen LogP contribution in [0.15, 0.2) is 16.5 Å². The maximum absolute atomic E-state index is 12.3. The fourth-order valence-corrected chi connectivity index (χ4v) is 6.02. The van der Waals surface area contributed by atoms with E-state index in [2.05, 4.69) is 22.2 Å². The summed E-state index contributed by atoms with van der Waals surface area (Å²) in [6.07, 6.45) is 5.08. The number of hydrogen-bond acceptors (Lipinski definition) is 5. The molecule has 4 aliphatic heterocycles. The number of carbonyl (C=O) groups is 1. The molecular weight excluding hydrogens is 366 g/mol. The van der Waals surface area contributed by atoms with Crippen LogP contribution in [0.25, 0.3) is 0 Å². The molecule has 0 radical (unpaired) electrons. The molecule has 1 amide bonds. The Morgan fingerprint density at radius 1 is 1.33 bits per heavy atom. The molecular formula is C20H28ClN3O3. The molecule has 1 spiro atoms. The molecule has 4 atom stereocenters. The SMILES string of the molecule is CN1CCC(N2C[C@@H]3[C@H](CNC(=O)c4ccc(Cl)o4)[C@H]4CC[C@]3(C2)O4)CC1. The zero-order valence-electron chi connectivity index (χ0n) is 15.8. The van der Waals surface area contributed by atoms with Gasteiger partial charge in [-0.1, -0.05) is 0 Å². The van der Waals surface area contributed by atoms with Gasteiger partial charge in [0.2, 0.25) is 0 Å². The lowest BCUT2D eigenvalue weighted by molar-refractivity contribution is -0.00416. The van der Waals surface area contributed by atoms with E-state index < -0.39 is 0 Å². The van der Waals surface area contributed by atoms with Crippen LogP contribution in [0, 0.1) is 11.8 Å². The van der Waals surface area contributed by atoms with Crippen molar-refractivity contribution in [1.29, 1.82) is 0 Å². The third-order valence-electron chi connectivity index (χ3n) is 7.31. The van der Waals surface area contributed by atoms with Gasteiger partial charge in [-0.3, -0.25) is 9.69 Å². The average molecular weight is 394 g/mol. The fourth-order valence-electron chi connectivity index (χ4n) is 5.87. The number of rotatable bonds is 4. The van der Waals surface area contributed by atoms with Gasteiger partial charge in [0.25, 0.3) is 5.91 Å². The van der Waals surface area contributed by atoms with E-state index in [9.17, 15) is 4.79 Å². The second-order valence-electron chi connectivity index (χ2n) is 8.81. The van der Waals surface area contributed by atoms with Crippen LogP contribution in [0.2, 0.25) is 5.22 Å². The second kappa shape index (κ2) is 6.76. The molecule has 1 N–H and O–H groups in total. The Morgan fingerprint density at radius 3 is 2.89 bits per heavy atom. The van der Waals surface area contributed by atoms with Crippen LogP contribution in [0.5, 0.6) is 0 Å². The molecule has 5 heterocycles. The van der Waals surface area contributed by atoms with E-state index in [1.165, 1.54) is 32.4 Å². The van der Waals surface area contributed by atoms with E-state index in [4.69, 9.17) is 20.8 Å². The minimum atomic E-state index is -0.191. The highest BCUT2D eigenvalue weighted by Crippen LogP contribution is 2.55. The number of fused-ring (bicyclic) bond motifs is 1. The van der Waals surface area contributed by atoms with Crippen LogP contribution >= 0.6 is 11.6 Å². The predicted octanol–water partition coefficient (Wildman–Crippen LogP) is 2.24. The molecule has 148 valence electrons. The average Bonchev–Trinajstić information content (AvgIpc) is 3.40. The Bertz CT molecular complexity index is 717. The highest BCUT2D eigenvalue weighted by Gasteiger charge is 2.63. The van der Waals surface area contributed by atoms with Crippen molar-refractivity contribution in [2.24, 2.45) is 11.8 Å². The smallest absolute Gasteiger partial charge is 0.287 e. The van der Waals surface area contributed by atoms with Crippen molar-refractivity contribution >= 4 is 17.5 Å². The zero-order chi connectivity index (χ0) is 18.6. The third-order valence-corrected chi connectivity index (χ3v) is 7.51. The molecule has 0 saturated carbocycles. The maximum atomic E-state index is 12.3. The number of likely N-dealkylation sites (tertiary alicyclic amines) is 2. The van der Waals surface area contributed by atoms with Crippen LogP contribution in [0.1, 0.15) is 36.2 Å². The molecule has 0 aliphatic carbocycles. The number of nitrogens with zero attached hydrogens (tertiary/aromatic N) is 2. The van der Waals surface area contributed by atoms with Crippen LogP contribution in [0.4, 0.5) is 0 Å². The summed E-state index contributed by atoms with van der Waals surface area (Å²) in [5.41, 5.74) is 0.0252. The highest BCUT2D eigenvalue weighted by molar-refractivity contribution is 6.29. The molecule has 4 aliphatic rings. The van der Waals surface area contributed by atoms with E-state index in [0.29, 0.717) is 24.4 Å². The van der Waals surface area contributed by atoms with Crippen LogP contribution < -0.4 is 5.32 Å². The first-order chi connectivity index (χ1) is 13.0. The lowest BCUT2D eigenvalue weighted by Gasteiger charge is -2.36. The van der Waals surface area contributed by atoms with Crippen molar-refractivity contribution in [3.05, 3.63) is 23.1 Å². The third kappa shape index (κ3) is 3.11. The Labute approximate surface area is 165 Å². The Morgan fingerprint density at radius 2 is 2.15 bits per heavy atom. The van der Waals surface area contributed by atoms with Gasteiger partial charge >= 0.3 is 0 Å². The molecule has 4 fully saturated rings. The first-order valence-corrected chi connectivity index (χ1v) is 10.6.